The van der Waals surface area contributed by atoms with Crippen molar-refractivity contribution in [1.82, 2.24) is 10.6 Å². The molecule has 15 heteroatoms. The third kappa shape index (κ3) is 9.93. The van der Waals surface area contributed by atoms with E-state index in [0.717, 1.165) is 14.6 Å². The van der Waals surface area contributed by atoms with Gasteiger partial charge in [-0.15, -0.1) is 0 Å². The van der Waals surface area contributed by atoms with Gasteiger partial charge in [-0.05, 0) is 49.2 Å². The SMILES string of the molecule is CCOC(=O)C1=C(COCCNC(=O)C[C@H](Nc2cc(Br)cc(Br)c2)c2ccc([N+](=O)[O-])cc2)NC(C)=C(C(=O)OC)[C@H]1c1ccccc1Cl. The van der Waals surface area contributed by atoms with Crippen LogP contribution in [0.5, 0.6) is 0 Å². The molecule has 264 valence electrons. The number of esters is 2. The summed E-state index contributed by atoms with van der Waals surface area (Å²) in [4.78, 5) is 50.2. The molecule has 0 saturated carbocycles. The molecule has 0 unspecified atom stereocenters. The number of ether oxygens (including phenoxy) is 3. The van der Waals surface area contributed by atoms with Gasteiger partial charge in [0.1, 0.15) is 0 Å². The highest BCUT2D eigenvalue weighted by Gasteiger charge is 2.39. The van der Waals surface area contributed by atoms with Crippen LogP contribution < -0.4 is 16.0 Å². The van der Waals surface area contributed by atoms with E-state index >= 15 is 0 Å². The van der Waals surface area contributed by atoms with Crippen molar-refractivity contribution < 1.29 is 33.5 Å². The maximum Gasteiger partial charge on any atom is 0.336 e. The second-order valence-corrected chi connectivity index (χ2v) is 13.3. The van der Waals surface area contributed by atoms with E-state index in [1.807, 2.05) is 18.2 Å². The van der Waals surface area contributed by atoms with Gasteiger partial charge in [0, 0.05) is 44.0 Å². The van der Waals surface area contributed by atoms with Gasteiger partial charge in [-0.25, -0.2) is 9.59 Å². The number of anilines is 1. The van der Waals surface area contributed by atoms with Crippen molar-refractivity contribution in [2.24, 2.45) is 0 Å². The molecule has 0 aliphatic carbocycles. The third-order valence-corrected chi connectivity index (χ3v) is 8.94. The number of nitro groups is 1. The van der Waals surface area contributed by atoms with Crippen molar-refractivity contribution in [3.05, 3.63) is 124 Å². The molecule has 1 aliphatic heterocycles. The quantitative estimate of drug-likeness (QED) is 0.0625. The summed E-state index contributed by atoms with van der Waals surface area (Å²) < 4.78 is 18.0. The summed E-state index contributed by atoms with van der Waals surface area (Å²) in [6.45, 7) is 3.64. The predicted molar refractivity (Wildman–Crippen MR) is 195 cm³/mol. The number of rotatable bonds is 15. The van der Waals surface area contributed by atoms with E-state index in [-0.39, 0.29) is 55.5 Å². The first-order valence-electron chi connectivity index (χ1n) is 15.5. The van der Waals surface area contributed by atoms with Crippen LogP contribution in [0.1, 0.15) is 43.4 Å². The lowest BCUT2D eigenvalue weighted by molar-refractivity contribution is -0.384. The van der Waals surface area contributed by atoms with Crippen LogP contribution in [0, 0.1) is 10.1 Å². The minimum Gasteiger partial charge on any atom is -0.466 e. The van der Waals surface area contributed by atoms with E-state index in [1.165, 1.54) is 19.2 Å². The van der Waals surface area contributed by atoms with E-state index in [4.69, 9.17) is 25.8 Å². The lowest BCUT2D eigenvalue weighted by Crippen LogP contribution is -2.35. The zero-order valence-electron chi connectivity index (χ0n) is 27.4. The normalized spacial score (nSPS) is 14.8. The maximum absolute atomic E-state index is 13.4. The molecule has 2 atom stereocenters. The maximum atomic E-state index is 13.4. The van der Waals surface area contributed by atoms with Gasteiger partial charge >= 0.3 is 11.9 Å². The van der Waals surface area contributed by atoms with Crippen molar-refractivity contribution in [3.63, 3.8) is 0 Å². The van der Waals surface area contributed by atoms with Gasteiger partial charge in [0.2, 0.25) is 5.91 Å². The number of hydrogen-bond acceptors (Lipinski definition) is 10. The van der Waals surface area contributed by atoms with Gasteiger partial charge in [0.25, 0.3) is 5.69 Å². The number of nitrogens with zero attached hydrogens (tertiary/aromatic N) is 1. The fourth-order valence-corrected chi connectivity index (χ4v) is 7.01. The minimum absolute atomic E-state index is 0.0153. The molecule has 3 aromatic rings. The molecule has 4 rings (SSSR count). The fourth-order valence-electron chi connectivity index (χ4n) is 5.47. The highest BCUT2D eigenvalue weighted by Crippen LogP contribution is 2.42. The van der Waals surface area contributed by atoms with Gasteiger partial charge in [-0.1, -0.05) is 73.8 Å². The summed E-state index contributed by atoms with van der Waals surface area (Å²) >= 11 is 13.5. The lowest BCUT2D eigenvalue weighted by Gasteiger charge is -2.31. The standard InChI is InChI=1S/C35H35Br2ClN4O8/c1-4-50-35(45)33-29(40-20(2)31(34(44)48-3)32(33)26-7-5-6-8-27(26)38)19-49-14-13-39-30(43)18-28(21-9-11-25(12-10-21)42(46)47)41-24-16-22(36)15-23(37)17-24/h5-12,15-17,28,32,40-41H,4,13-14,18-19H2,1-3H3,(H,39,43)/t28-,32+/m0/s1. The first-order valence-corrected chi connectivity index (χ1v) is 17.4. The van der Waals surface area contributed by atoms with Crippen LogP contribution >= 0.6 is 43.5 Å². The predicted octanol–water partition coefficient (Wildman–Crippen LogP) is 7.10. The summed E-state index contributed by atoms with van der Waals surface area (Å²) in [7, 11) is 1.26. The number of halogens is 3. The summed E-state index contributed by atoms with van der Waals surface area (Å²) in [5, 5.41) is 20.9. The van der Waals surface area contributed by atoms with Gasteiger partial charge in [0.05, 0.1) is 67.1 Å². The molecule has 0 bridgehead atoms. The van der Waals surface area contributed by atoms with Crippen molar-refractivity contribution in [2.45, 2.75) is 32.2 Å². The largest absolute Gasteiger partial charge is 0.466 e. The Morgan fingerprint density at radius 1 is 1.02 bits per heavy atom. The summed E-state index contributed by atoms with van der Waals surface area (Å²) in [5.74, 6) is -2.45. The average Bonchev–Trinajstić information content (AvgIpc) is 3.07. The molecule has 0 radical (unpaired) electrons. The Kier molecular flexibility index (Phi) is 14.0. The fraction of sp³-hybridized carbons (Fsp3) is 0.286. The molecular formula is C35H35Br2ClN4O8. The van der Waals surface area contributed by atoms with E-state index in [2.05, 4.69) is 47.8 Å². The zero-order chi connectivity index (χ0) is 36.4. The van der Waals surface area contributed by atoms with Crippen molar-refractivity contribution in [3.8, 4) is 0 Å². The van der Waals surface area contributed by atoms with Crippen molar-refractivity contribution >= 4 is 72.7 Å². The summed E-state index contributed by atoms with van der Waals surface area (Å²) in [5.41, 5.74) is 3.09. The van der Waals surface area contributed by atoms with Crippen LogP contribution in [0.25, 0.3) is 0 Å². The van der Waals surface area contributed by atoms with Crippen molar-refractivity contribution in [2.75, 3.05) is 38.8 Å². The first kappa shape index (κ1) is 38.6. The number of carbonyl (C=O) groups is 3. The highest BCUT2D eigenvalue weighted by atomic mass is 79.9. The Labute approximate surface area is 311 Å². The monoisotopic (exact) mass is 832 g/mol. The number of methoxy groups -OCH3 is 1. The molecule has 1 aliphatic rings. The first-order chi connectivity index (χ1) is 23.9. The molecule has 0 aromatic heterocycles. The van der Waals surface area contributed by atoms with Gasteiger partial charge in [-0.2, -0.15) is 0 Å². The minimum atomic E-state index is -0.885. The summed E-state index contributed by atoms with van der Waals surface area (Å²) in [6.07, 6.45) is 0.0153. The van der Waals surface area contributed by atoms with Crippen LogP contribution in [0.15, 0.2) is 98.2 Å². The van der Waals surface area contributed by atoms with Crippen LogP contribution in [-0.2, 0) is 28.6 Å². The van der Waals surface area contributed by atoms with E-state index in [0.29, 0.717) is 27.5 Å². The number of nitro benzene ring substituents is 1. The Morgan fingerprint density at radius 2 is 1.70 bits per heavy atom. The Morgan fingerprint density at radius 3 is 2.32 bits per heavy atom. The molecular weight excluding hydrogens is 800 g/mol. The zero-order valence-corrected chi connectivity index (χ0v) is 31.3. The number of dihydropyridines is 1. The topological polar surface area (TPSA) is 158 Å². The molecule has 0 fully saturated rings. The van der Waals surface area contributed by atoms with Gasteiger partial charge in [0.15, 0.2) is 0 Å². The lowest BCUT2D eigenvalue weighted by atomic mass is 9.80. The van der Waals surface area contributed by atoms with Crippen LogP contribution in [0.3, 0.4) is 0 Å². The number of amides is 1. The Balaban J connectivity index is 1.47. The van der Waals surface area contributed by atoms with Gasteiger partial charge < -0.3 is 30.2 Å². The van der Waals surface area contributed by atoms with Crippen LogP contribution in [0.4, 0.5) is 11.4 Å². The second kappa shape index (κ2) is 18.1. The molecule has 12 nitrogen and oxygen atoms in total. The highest BCUT2D eigenvalue weighted by molar-refractivity contribution is 9.11. The number of nitrogens with one attached hydrogen (secondary N) is 3. The molecule has 3 aromatic carbocycles. The van der Waals surface area contributed by atoms with Crippen LogP contribution in [-0.4, -0.2) is 56.2 Å². The molecule has 3 N–H and O–H groups in total. The molecule has 1 amide bonds. The van der Waals surface area contributed by atoms with E-state index in [1.54, 1.807) is 50.2 Å². The van der Waals surface area contributed by atoms with E-state index < -0.39 is 28.8 Å². The Hall–Kier alpha value is -4.24. The molecule has 0 saturated heterocycles. The molecule has 50 heavy (non-hydrogen) atoms. The van der Waals surface area contributed by atoms with E-state index in [9.17, 15) is 24.5 Å². The number of allylic oxidation sites excluding steroid dienone is 1. The summed E-state index contributed by atoms with van der Waals surface area (Å²) in [6, 6.07) is 18.0. The van der Waals surface area contributed by atoms with Crippen LogP contribution in [0.2, 0.25) is 5.02 Å². The number of non-ortho nitro benzene ring substituents is 1. The molecule has 0 spiro atoms. The van der Waals surface area contributed by atoms with Gasteiger partial charge in [-0.3, -0.25) is 14.9 Å². The third-order valence-electron chi connectivity index (χ3n) is 7.68. The molecule has 1 heterocycles. The number of carbonyl (C=O) groups excluding carboxylic acids is 3. The number of hydrogen-bond donors (Lipinski definition) is 3. The smallest absolute Gasteiger partial charge is 0.336 e. The van der Waals surface area contributed by atoms with Crippen molar-refractivity contribution in [1.29, 1.82) is 0 Å². The Bertz CT molecular complexity index is 1800. The average molecular weight is 835 g/mol. The second-order valence-electron chi connectivity index (χ2n) is 11.0. The number of benzene rings is 3.